The topological polar surface area (TPSA) is 84.9 Å². The molecule has 2 aromatic carbocycles. The number of barbiturate groups is 1. The maximum absolute atomic E-state index is 12.9. The predicted molar refractivity (Wildman–Crippen MR) is 100 cm³/mol. The molecule has 4 rings (SSSR count). The monoisotopic (exact) mass is 428 g/mol. The minimum atomic E-state index is -0.782. The number of benzene rings is 2. The van der Waals surface area contributed by atoms with E-state index in [1.807, 2.05) is 6.92 Å². The zero-order chi connectivity index (χ0) is 19.1. The van der Waals surface area contributed by atoms with E-state index in [-0.39, 0.29) is 12.4 Å². The van der Waals surface area contributed by atoms with Gasteiger partial charge in [-0.15, -0.1) is 0 Å². The van der Waals surface area contributed by atoms with Crippen LogP contribution in [0.25, 0.3) is 6.08 Å². The summed E-state index contributed by atoms with van der Waals surface area (Å²) >= 11 is 3.39. The van der Waals surface area contributed by atoms with E-state index in [4.69, 9.17) is 9.47 Å². The molecule has 2 heterocycles. The molecule has 8 heteroatoms. The summed E-state index contributed by atoms with van der Waals surface area (Å²) < 4.78 is 11.3. The van der Waals surface area contributed by atoms with Crippen LogP contribution in [0.1, 0.15) is 11.1 Å². The minimum Gasteiger partial charge on any atom is -0.454 e. The van der Waals surface area contributed by atoms with E-state index in [2.05, 4.69) is 21.2 Å². The summed E-state index contributed by atoms with van der Waals surface area (Å²) in [6.07, 6.45) is 1.41. The van der Waals surface area contributed by atoms with E-state index >= 15 is 0 Å². The van der Waals surface area contributed by atoms with Crippen LogP contribution in [-0.2, 0) is 9.59 Å². The molecule has 2 aliphatic heterocycles. The third-order valence-corrected chi connectivity index (χ3v) is 4.87. The highest BCUT2D eigenvalue weighted by Gasteiger charge is 2.37. The van der Waals surface area contributed by atoms with Crippen LogP contribution in [0, 0.1) is 6.92 Å². The van der Waals surface area contributed by atoms with Gasteiger partial charge in [0.05, 0.1) is 5.69 Å². The molecule has 0 atom stereocenters. The maximum Gasteiger partial charge on any atom is 0.335 e. The quantitative estimate of drug-likeness (QED) is 0.586. The van der Waals surface area contributed by atoms with Crippen LogP contribution in [0.5, 0.6) is 11.5 Å². The van der Waals surface area contributed by atoms with Crippen molar-refractivity contribution in [1.82, 2.24) is 5.32 Å². The van der Waals surface area contributed by atoms with Gasteiger partial charge in [0.2, 0.25) is 6.79 Å². The first-order valence-corrected chi connectivity index (χ1v) is 8.80. The number of carbonyl (C=O) groups is 3. The highest BCUT2D eigenvalue weighted by Crippen LogP contribution is 2.38. The fourth-order valence-electron chi connectivity index (χ4n) is 2.78. The Kier molecular flexibility index (Phi) is 4.19. The van der Waals surface area contributed by atoms with Crippen LogP contribution in [-0.4, -0.2) is 24.6 Å². The molecule has 1 N–H and O–H groups in total. The van der Waals surface area contributed by atoms with Crippen LogP contribution >= 0.6 is 15.9 Å². The van der Waals surface area contributed by atoms with Crippen molar-refractivity contribution in [3.63, 3.8) is 0 Å². The number of urea groups is 1. The average molecular weight is 429 g/mol. The molecule has 0 aliphatic carbocycles. The molecule has 7 nitrogen and oxygen atoms in total. The predicted octanol–water partition coefficient (Wildman–Crippen LogP) is 3.15. The second-order valence-electron chi connectivity index (χ2n) is 6.02. The third kappa shape index (κ3) is 3.08. The van der Waals surface area contributed by atoms with Gasteiger partial charge in [-0.2, -0.15) is 0 Å². The number of imide groups is 2. The molecule has 0 radical (unpaired) electrons. The summed E-state index contributed by atoms with van der Waals surface area (Å²) in [6, 6.07) is 9.44. The van der Waals surface area contributed by atoms with Crippen LogP contribution in [0.4, 0.5) is 10.5 Å². The van der Waals surface area contributed by atoms with Gasteiger partial charge in [0.1, 0.15) is 5.57 Å². The van der Waals surface area contributed by atoms with Crippen molar-refractivity contribution < 1.29 is 23.9 Å². The van der Waals surface area contributed by atoms with E-state index in [0.717, 1.165) is 10.5 Å². The highest BCUT2D eigenvalue weighted by atomic mass is 79.9. The van der Waals surface area contributed by atoms with Gasteiger partial charge >= 0.3 is 6.03 Å². The molecule has 0 aromatic heterocycles. The van der Waals surface area contributed by atoms with Crippen LogP contribution < -0.4 is 19.7 Å². The first-order valence-electron chi connectivity index (χ1n) is 8.01. The molecular formula is C19H13BrN2O5. The number of fused-ring (bicyclic) bond motifs is 1. The van der Waals surface area contributed by atoms with Crippen molar-refractivity contribution >= 4 is 45.5 Å². The molecular weight excluding hydrogens is 416 g/mol. The van der Waals surface area contributed by atoms with Crippen molar-refractivity contribution in [2.75, 3.05) is 11.7 Å². The van der Waals surface area contributed by atoms with E-state index in [1.54, 1.807) is 36.4 Å². The van der Waals surface area contributed by atoms with Gasteiger partial charge in [-0.1, -0.05) is 33.6 Å². The van der Waals surface area contributed by atoms with Crippen molar-refractivity contribution in [2.24, 2.45) is 0 Å². The lowest BCUT2D eigenvalue weighted by Gasteiger charge is -2.26. The first-order chi connectivity index (χ1) is 12.9. The fourth-order valence-corrected chi connectivity index (χ4v) is 3.22. The zero-order valence-electron chi connectivity index (χ0n) is 14.1. The minimum absolute atomic E-state index is 0.108. The summed E-state index contributed by atoms with van der Waals surface area (Å²) in [5.74, 6) is -0.366. The number of anilines is 1. The van der Waals surface area contributed by atoms with Crippen LogP contribution in [0.15, 0.2) is 46.4 Å². The number of nitrogens with zero attached hydrogens (tertiary/aromatic N) is 1. The molecule has 0 unspecified atom stereocenters. The number of aryl methyl sites for hydroxylation is 1. The number of nitrogens with one attached hydrogen (secondary N) is 1. The van der Waals surface area contributed by atoms with Crippen LogP contribution in [0.3, 0.4) is 0 Å². The first kappa shape index (κ1) is 17.3. The summed E-state index contributed by atoms with van der Waals surface area (Å²) in [6.45, 7) is 2.00. The Labute approximate surface area is 162 Å². The second kappa shape index (κ2) is 6.55. The van der Waals surface area contributed by atoms with E-state index in [0.29, 0.717) is 27.2 Å². The molecule has 0 bridgehead atoms. The lowest BCUT2D eigenvalue weighted by atomic mass is 10.1. The summed E-state index contributed by atoms with van der Waals surface area (Å²) in [5, 5.41) is 2.20. The van der Waals surface area contributed by atoms with E-state index < -0.39 is 17.8 Å². The number of halogens is 1. The third-order valence-electron chi connectivity index (χ3n) is 4.19. The van der Waals surface area contributed by atoms with Gasteiger partial charge < -0.3 is 9.47 Å². The molecule has 0 spiro atoms. The Balaban J connectivity index is 1.75. The fraction of sp³-hybridized carbons (Fsp3) is 0.105. The zero-order valence-corrected chi connectivity index (χ0v) is 15.7. The highest BCUT2D eigenvalue weighted by molar-refractivity contribution is 9.10. The number of carbonyl (C=O) groups excluding carboxylic acids is 3. The van der Waals surface area contributed by atoms with Gasteiger partial charge in [-0.3, -0.25) is 14.9 Å². The average Bonchev–Trinajstić information content (AvgIpc) is 3.07. The second-order valence-corrected chi connectivity index (χ2v) is 6.87. The summed E-state index contributed by atoms with van der Waals surface area (Å²) in [7, 11) is 0. The molecule has 136 valence electrons. The number of ether oxygens (including phenoxy) is 2. The molecule has 0 saturated carbocycles. The van der Waals surface area contributed by atoms with Crippen molar-refractivity contribution in [1.29, 1.82) is 0 Å². The van der Waals surface area contributed by atoms with Gasteiger partial charge in [0.15, 0.2) is 11.5 Å². The van der Waals surface area contributed by atoms with Gasteiger partial charge in [0, 0.05) is 4.47 Å². The number of amides is 4. The molecule has 1 saturated heterocycles. The standard InChI is InChI=1S/C19H13BrN2O5/c1-10-2-4-12(5-3-10)22-18(24)13(17(23)21-19(22)25)6-11-7-15-16(8-14(11)20)27-9-26-15/h2-8H,9H2,1H3,(H,21,23,25). The Morgan fingerprint density at radius 3 is 2.44 bits per heavy atom. The molecule has 27 heavy (non-hydrogen) atoms. The smallest absolute Gasteiger partial charge is 0.335 e. The number of rotatable bonds is 2. The molecule has 4 amide bonds. The Bertz CT molecular complexity index is 1010. The largest absolute Gasteiger partial charge is 0.454 e. The van der Waals surface area contributed by atoms with Crippen molar-refractivity contribution in [3.05, 3.63) is 57.6 Å². The summed E-state index contributed by atoms with van der Waals surface area (Å²) in [4.78, 5) is 38.3. The lowest BCUT2D eigenvalue weighted by molar-refractivity contribution is -0.122. The Morgan fingerprint density at radius 1 is 1.07 bits per heavy atom. The van der Waals surface area contributed by atoms with E-state index in [1.165, 1.54) is 6.08 Å². The maximum atomic E-state index is 12.9. The summed E-state index contributed by atoms with van der Waals surface area (Å²) in [5.41, 5.74) is 1.76. The van der Waals surface area contributed by atoms with Crippen molar-refractivity contribution in [2.45, 2.75) is 6.92 Å². The Morgan fingerprint density at radius 2 is 1.74 bits per heavy atom. The van der Waals surface area contributed by atoms with E-state index in [9.17, 15) is 14.4 Å². The van der Waals surface area contributed by atoms with Gasteiger partial charge in [-0.25, -0.2) is 9.69 Å². The molecule has 1 fully saturated rings. The lowest BCUT2D eigenvalue weighted by Crippen LogP contribution is -2.54. The van der Waals surface area contributed by atoms with Crippen molar-refractivity contribution in [3.8, 4) is 11.5 Å². The number of hydrogen-bond donors (Lipinski definition) is 1. The normalized spacial score (nSPS) is 17.5. The van der Waals surface area contributed by atoms with Crippen LogP contribution in [0.2, 0.25) is 0 Å². The molecule has 2 aliphatic rings. The van der Waals surface area contributed by atoms with Gasteiger partial charge in [0.25, 0.3) is 11.8 Å². The van der Waals surface area contributed by atoms with Gasteiger partial charge in [-0.05, 0) is 42.8 Å². The Hall–Kier alpha value is -3.13. The SMILES string of the molecule is Cc1ccc(N2C(=O)NC(=O)C(=Cc3cc4c(cc3Br)OCO4)C2=O)cc1. The number of hydrogen-bond acceptors (Lipinski definition) is 5. The molecule has 2 aromatic rings.